The van der Waals surface area contributed by atoms with E-state index in [1.54, 1.807) is 7.05 Å². The summed E-state index contributed by atoms with van der Waals surface area (Å²) in [6, 6.07) is 0. The van der Waals surface area contributed by atoms with Crippen molar-refractivity contribution in [2.24, 2.45) is 5.41 Å². The van der Waals surface area contributed by atoms with Gasteiger partial charge in [0.05, 0.1) is 13.2 Å². The first kappa shape index (κ1) is 7.50. The molecule has 4 nitrogen and oxygen atoms in total. The highest BCUT2D eigenvalue weighted by Crippen LogP contribution is 2.26. The van der Waals surface area contributed by atoms with Gasteiger partial charge in [-0.25, -0.2) is 0 Å². The van der Waals surface area contributed by atoms with Crippen molar-refractivity contribution in [3.8, 4) is 0 Å². The summed E-state index contributed by atoms with van der Waals surface area (Å²) in [5.74, 6) is -0.770. The molecule has 1 rings (SSSR count). The van der Waals surface area contributed by atoms with Crippen LogP contribution in [0.1, 0.15) is 0 Å². The number of carbonyl (C=O) groups is 1. The Morgan fingerprint density at radius 2 is 2.40 bits per heavy atom. The number of carboxylic acids is 1. The van der Waals surface area contributed by atoms with Gasteiger partial charge in [0.25, 0.3) is 0 Å². The average molecular weight is 145 g/mol. The molecule has 0 atom stereocenters. The molecule has 0 unspecified atom stereocenters. The number of ether oxygens (including phenoxy) is 1. The maximum atomic E-state index is 10.6. The number of rotatable bonds is 3. The summed E-state index contributed by atoms with van der Waals surface area (Å²) in [5.41, 5.74) is -0.644. The summed E-state index contributed by atoms with van der Waals surface area (Å²) in [5, 5.41) is 11.5. The van der Waals surface area contributed by atoms with Crippen LogP contribution >= 0.6 is 0 Å². The van der Waals surface area contributed by atoms with Crippen LogP contribution in [-0.4, -0.2) is 37.9 Å². The first-order valence-corrected chi connectivity index (χ1v) is 3.17. The van der Waals surface area contributed by atoms with E-state index in [4.69, 9.17) is 9.84 Å². The predicted molar refractivity (Wildman–Crippen MR) is 34.8 cm³/mol. The quantitative estimate of drug-likeness (QED) is 0.551. The monoisotopic (exact) mass is 145 g/mol. The lowest BCUT2D eigenvalue weighted by Gasteiger charge is -2.36. The highest BCUT2D eigenvalue weighted by molar-refractivity contribution is 5.76. The molecule has 0 amide bonds. The van der Waals surface area contributed by atoms with Gasteiger partial charge in [-0.15, -0.1) is 0 Å². The highest BCUT2D eigenvalue weighted by Gasteiger charge is 2.45. The summed E-state index contributed by atoms with van der Waals surface area (Å²) >= 11 is 0. The Kier molecular flexibility index (Phi) is 1.92. The minimum Gasteiger partial charge on any atom is -0.481 e. The molecule has 0 aliphatic carbocycles. The smallest absolute Gasteiger partial charge is 0.315 e. The lowest BCUT2D eigenvalue weighted by molar-refractivity contribution is -0.178. The Hall–Kier alpha value is -0.610. The van der Waals surface area contributed by atoms with Crippen molar-refractivity contribution in [3.05, 3.63) is 0 Å². The molecule has 10 heavy (non-hydrogen) atoms. The number of hydrogen-bond acceptors (Lipinski definition) is 3. The average Bonchev–Trinajstić information content (AvgIpc) is 1.77. The third-order valence-electron chi connectivity index (χ3n) is 1.73. The largest absolute Gasteiger partial charge is 0.481 e. The molecular weight excluding hydrogens is 134 g/mol. The molecule has 1 heterocycles. The van der Waals surface area contributed by atoms with E-state index in [1.165, 1.54) is 0 Å². The molecule has 2 N–H and O–H groups in total. The molecule has 0 aromatic rings. The summed E-state index contributed by atoms with van der Waals surface area (Å²) in [4.78, 5) is 10.6. The third-order valence-corrected chi connectivity index (χ3v) is 1.73. The third kappa shape index (κ3) is 0.998. The topological polar surface area (TPSA) is 58.6 Å². The number of nitrogens with one attached hydrogen (secondary N) is 1. The highest BCUT2D eigenvalue weighted by atomic mass is 16.5. The lowest BCUT2D eigenvalue weighted by atomic mass is 9.86. The SMILES string of the molecule is CNCC1(C(=O)O)COC1. The Labute approximate surface area is 59.2 Å². The first-order chi connectivity index (χ1) is 4.71. The van der Waals surface area contributed by atoms with Crippen LogP contribution in [0.15, 0.2) is 0 Å². The van der Waals surface area contributed by atoms with Crippen molar-refractivity contribution in [1.82, 2.24) is 5.32 Å². The van der Waals surface area contributed by atoms with Gasteiger partial charge >= 0.3 is 5.97 Å². The van der Waals surface area contributed by atoms with Gasteiger partial charge in [0.15, 0.2) is 0 Å². The van der Waals surface area contributed by atoms with Crippen molar-refractivity contribution in [2.45, 2.75) is 0 Å². The van der Waals surface area contributed by atoms with E-state index in [9.17, 15) is 4.79 Å². The van der Waals surface area contributed by atoms with Crippen molar-refractivity contribution in [3.63, 3.8) is 0 Å². The second-order valence-electron chi connectivity index (χ2n) is 2.61. The van der Waals surface area contributed by atoms with Crippen LogP contribution in [0, 0.1) is 5.41 Å². The number of carboxylic acid groups (broad SMARTS) is 1. The van der Waals surface area contributed by atoms with Gasteiger partial charge in [-0.05, 0) is 7.05 Å². The van der Waals surface area contributed by atoms with Gasteiger partial charge in [0.1, 0.15) is 5.41 Å². The zero-order valence-corrected chi connectivity index (χ0v) is 5.89. The van der Waals surface area contributed by atoms with Gasteiger partial charge in [-0.3, -0.25) is 4.79 Å². The molecule has 1 aliphatic heterocycles. The number of hydrogen-bond donors (Lipinski definition) is 2. The van der Waals surface area contributed by atoms with Crippen LogP contribution in [-0.2, 0) is 9.53 Å². The second-order valence-corrected chi connectivity index (χ2v) is 2.61. The molecule has 0 aromatic carbocycles. The lowest BCUT2D eigenvalue weighted by Crippen LogP contribution is -2.54. The normalized spacial score (nSPS) is 21.7. The molecular formula is C6H11NO3. The summed E-state index contributed by atoms with van der Waals surface area (Å²) < 4.78 is 4.83. The standard InChI is InChI=1S/C6H11NO3/c1-7-2-6(5(8)9)3-10-4-6/h7H,2-4H2,1H3,(H,8,9). The minimum atomic E-state index is -0.770. The van der Waals surface area contributed by atoms with Crippen molar-refractivity contribution >= 4 is 5.97 Å². The fourth-order valence-corrected chi connectivity index (χ4v) is 0.988. The van der Waals surface area contributed by atoms with Crippen LogP contribution in [0.3, 0.4) is 0 Å². The van der Waals surface area contributed by atoms with Gasteiger partial charge < -0.3 is 15.2 Å². The Morgan fingerprint density at radius 3 is 2.50 bits per heavy atom. The minimum absolute atomic E-state index is 0.336. The van der Waals surface area contributed by atoms with E-state index in [2.05, 4.69) is 5.32 Å². The van der Waals surface area contributed by atoms with E-state index in [0.29, 0.717) is 19.8 Å². The summed E-state index contributed by atoms with van der Waals surface area (Å²) in [6.45, 7) is 1.16. The van der Waals surface area contributed by atoms with Crippen LogP contribution in [0.25, 0.3) is 0 Å². The maximum absolute atomic E-state index is 10.6. The summed E-state index contributed by atoms with van der Waals surface area (Å²) in [7, 11) is 1.74. The van der Waals surface area contributed by atoms with Crippen molar-refractivity contribution in [1.29, 1.82) is 0 Å². The van der Waals surface area contributed by atoms with E-state index in [1.807, 2.05) is 0 Å². The molecule has 58 valence electrons. The van der Waals surface area contributed by atoms with Crippen LogP contribution < -0.4 is 5.32 Å². The van der Waals surface area contributed by atoms with E-state index >= 15 is 0 Å². The fourth-order valence-electron chi connectivity index (χ4n) is 0.988. The van der Waals surface area contributed by atoms with Gasteiger partial charge in [0.2, 0.25) is 0 Å². The number of aliphatic carboxylic acids is 1. The zero-order valence-electron chi connectivity index (χ0n) is 5.89. The summed E-state index contributed by atoms with van der Waals surface area (Å²) in [6.07, 6.45) is 0. The maximum Gasteiger partial charge on any atom is 0.315 e. The first-order valence-electron chi connectivity index (χ1n) is 3.17. The van der Waals surface area contributed by atoms with E-state index in [0.717, 1.165) is 0 Å². The predicted octanol–water partition coefficient (Wildman–Crippen LogP) is -0.693. The second kappa shape index (κ2) is 2.56. The molecule has 1 fully saturated rings. The van der Waals surface area contributed by atoms with Crippen LogP contribution in [0.4, 0.5) is 0 Å². The molecule has 1 saturated heterocycles. The van der Waals surface area contributed by atoms with Crippen molar-refractivity contribution in [2.75, 3.05) is 26.8 Å². The zero-order chi connectivity index (χ0) is 7.61. The Bertz CT molecular complexity index is 142. The van der Waals surface area contributed by atoms with E-state index in [-0.39, 0.29) is 0 Å². The van der Waals surface area contributed by atoms with Gasteiger partial charge in [-0.2, -0.15) is 0 Å². The molecule has 4 heteroatoms. The van der Waals surface area contributed by atoms with Crippen molar-refractivity contribution < 1.29 is 14.6 Å². The molecule has 0 bridgehead atoms. The van der Waals surface area contributed by atoms with Gasteiger partial charge in [0, 0.05) is 6.54 Å². The van der Waals surface area contributed by atoms with Crippen LogP contribution in [0.2, 0.25) is 0 Å². The van der Waals surface area contributed by atoms with Gasteiger partial charge in [-0.1, -0.05) is 0 Å². The molecule has 1 aliphatic rings. The molecule has 0 saturated carbocycles. The van der Waals surface area contributed by atoms with Crippen LogP contribution in [0.5, 0.6) is 0 Å². The molecule has 0 spiro atoms. The Morgan fingerprint density at radius 1 is 1.80 bits per heavy atom. The molecule has 0 aromatic heterocycles. The molecule has 0 radical (unpaired) electrons. The van der Waals surface area contributed by atoms with E-state index < -0.39 is 11.4 Å². The fraction of sp³-hybridized carbons (Fsp3) is 0.833. The Balaban J connectivity index is 2.50.